The van der Waals surface area contributed by atoms with E-state index in [-0.39, 0.29) is 14.6 Å². The van der Waals surface area contributed by atoms with Crippen LogP contribution >= 0.6 is 15.9 Å². The Bertz CT molecular complexity index is 954. The van der Waals surface area contributed by atoms with Gasteiger partial charge in [0, 0.05) is 17.1 Å². The van der Waals surface area contributed by atoms with Crippen LogP contribution < -0.4 is 3.71 Å². The molecule has 12 heteroatoms. The number of hydrogen-bond acceptors (Lipinski definition) is 5. The lowest BCUT2D eigenvalue weighted by atomic mass is 10.1. The number of nitrogens with zero attached hydrogens (tertiary/aromatic N) is 3. The van der Waals surface area contributed by atoms with Crippen LogP contribution in [0.3, 0.4) is 0 Å². The lowest BCUT2D eigenvalue weighted by molar-refractivity contribution is 0.153. The quantitative estimate of drug-likeness (QED) is 0.738. The number of rotatable bonds is 4. The number of aryl methyl sites for hydroxylation is 1. The van der Waals surface area contributed by atoms with Crippen molar-refractivity contribution in [1.29, 1.82) is 0 Å². The highest BCUT2D eigenvalue weighted by molar-refractivity contribution is 9.10. The first-order valence-corrected chi connectivity index (χ1v) is 10.5. The van der Waals surface area contributed by atoms with Gasteiger partial charge in [0.05, 0.1) is 23.4 Å². The summed E-state index contributed by atoms with van der Waals surface area (Å²) in [5, 5.41) is 3.60. The first kappa shape index (κ1) is 18.1. The van der Waals surface area contributed by atoms with Crippen molar-refractivity contribution in [2.45, 2.75) is 6.43 Å². The second-order valence-corrected chi connectivity index (χ2v) is 9.58. The van der Waals surface area contributed by atoms with Gasteiger partial charge in [-0.2, -0.15) is 5.10 Å². The summed E-state index contributed by atoms with van der Waals surface area (Å²) in [5.41, 5.74) is -0.348. The third-order valence-electron chi connectivity index (χ3n) is 2.96. The van der Waals surface area contributed by atoms with Crippen LogP contribution in [0.2, 0.25) is 0 Å². The second kappa shape index (κ2) is 5.67. The number of halogens is 3. The van der Waals surface area contributed by atoms with Gasteiger partial charge in [-0.15, -0.1) is 3.71 Å². The predicted octanol–water partition coefficient (Wildman–Crippen LogP) is 2.00. The van der Waals surface area contributed by atoms with Crippen LogP contribution in [0.15, 0.2) is 16.6 Å². The van der Waals surface area contributed by atoms with E-state index < -0.39 is 37.9 Å². The second-order valence-electron chi connectivity index (χ2n) is 4.83. The van der Waals surface area contributed by atoms with Gasteiger partial charge in [0.15, 0.2) is 5.82 Å². The van der Waals surface area contributed by atoms with Gasteiger partial charge in [0.1, 0.15) is 0 Å². The number of fused-ring (bicyclic) bond motifs is 1. The van der Waals surface area contributed by atoms with E-state index in [0.29, 0.717) is 17.0 Å². The minimum Gasteiger partial charge on any atom is -0.265 e. The molecule has 0 fully saturated rings. The fourth-order valence-corrected chi connectivity index (χ4v) is 5.68. The number of anilines is 1. The van der Waals surface area contributed by atoms with Crippen LogP contribution in [-0.2, 0) is 27.1 Å². The Morgan fingerprint density at radius 1 is 1.17 bits per heavy atom. The number of alkyl halides is 2. The molecule has 0 aliphatic heterocycles. The standard InChI is InChI=1S/C11H12BrF2N3O4S2/c1-16-9-7(12)5-4-6(10(13)14)8(9)11(15-16)17(22(2,18)19)23(3,20)21/h4-5,10H,1-3H3. The molecule has 0 spiro atoms. The fourth-order valence-electron chi connectivity index (χ4n) is 2.24. The minimum absolute atomic E-state index is 0.0562. The maximum absolute atomic E-state index is 13.3. The monoisotopic (exact) mass is 431 g/mol. The SMILES string of the molecule is Cn1nc(N(S(C)(=O)=O)S(C)(=O)=O)c2c(C(F)F)ccc(Br)c21. The molecule has 1 aromatic carbocycles. The molecule has 0 aliphatic rings. The summed E-state index contributed by atoms with van der Waals surface area (Å²) in [6, 6.07) is 2.45. The van der Waals surface area contributed by atoms with Crippen LogP contribution in [0, 0.1) is 0 Å². The van der Waals surface area contributed by atoms with Gasteiger partial charge in [-0.1, -0.05) is 6.07 Å². The zero-order chi connectivity index (χ0) is 17.7. The van der Waals surface area contributed by atoms with Crippen molar-refractivity contribution in [3.63, 3.8) is 0 Å². The molecule has 0 amide bonds. The summed E-state index contributed by atoms with van der Waals surface area (Å²) in [5.74, 6) is -0.580. The molecule has 23 heavy (non-hydrogen) atoms. The van der Waals surface area contributed by atoms with Crippen LogP contribution in [0.25, 0.3) is 10.9 Å². The molecule has 0 aliphatic carbocycles. The number of sulfonamides is 2. The average molecular weight is 432 g/mol. The van der Waals surface area contributed by atoms with E-state index in [1.165, 1.54) is 13.1 Å². The maximum Gasteiger partial charge on any atom is 0.264 e. The average Bonchev–Trinajstić information content (AvgIpc) is 2.64. The Morgan fingerprint density at radius 3 is 2.13 bits per heavy atom. The van der Waals surface area contributed by atoms with Crippen molar-refractivity contribution >= 4 is 52.7 Å². The molecule has 0 saturated carbocycles. The first-order chi connectivity index (χ1) is 10.4. The summed E-state index contributed by atoms with van der Waals surface area (Å²) < 4.78 is 75.8. The van der Waals surface area contributed by atoms with E-state index in [1.807, 2.05) is 0 Å². The molecule has 2 aromatic rings. The van der Waals surface area contributed by atoms with E-state index in [4.69, 9.17) is 0 Å². The summed E-state index contributed by atoms with van der Waals surface area (Å²) in [6.07, 6.45) is -1.61. The van der Waals surface area contributed by atoms with Gasteiger partial charge in [-0.3, -0.25) is 4.68 Å². The topological polar surface area (TPSA) is 89.3 Å². The Labute approximate surface area is 140 Å². The van der Waals surface area contributed by atoms with Gasteiger partial charge in [-0.25, -0.2) is 25.6 Å². The zero-order valence-electron chi connectivity index (χ0n) is 12.2. The Balaban J connectivity index is 3.04. The van der Waals surface area contributed by atoms with Gasteiger partial charge in [-0.05, 0) is 22.0 Å². The highest BCUT2D eigenvalue weighted by Crippen LogP contribution is 2.39. The van der Waals surface area contributed by atoms with Crippen LogP contribution in [0.5, 0.6) is 0 Å². The van der Waals surface area contributed by atoms with Crippen LogP contribution in [-0.4, -0.2) is 39.1 Å². The van der Waals surface area contributed by atoms with Crippen molar-refractivity contribution in [3.8, 4) is 0 Å². The summed E-state index contributed by atoms with van der Waals surface area (Å²) in [7, 11) is -7.20. The maximum atomic E-state index is 13.3. The molecule has 2 rings (SSSR count). The molecule has 0 bridgehead atoms. The lowest BCUT2D eigenvalue weighted by Crippen LogP contribution is -2.35. The van der Waals surface area contributed by atoms with Crippen molar-refractivity contribution in [3.05, 3.63) is 22.2 Å². The van der Waals surface area contributed by atoms with Crippen molar-refractivity contribution in [2.24, 2.45) is 7.05 Å². The number of hydrogen-bond donors (Lipinski definition) is 0. The van der Waals surface area contributed by atoms with E-state index in [0.717, 1.165) is 10.7 Å². The zero-order valence-corrected chi connectivity index (χ0v) is 15.4. The Hall–Kier alpha value is -1.27. The van der Waals surface area contributed by atoms with Gasteiger partial charge < -0.3 is 0 Å². The number of benzene rings is 1. The molecule has 0 atom stereocenters. The third kappa shape index (κ3) is 3.19. The smallest absolute Gasteiger partial charge is 0.264 e. The van der Waals surface area contributed by atoms with Gasteiger partial charge >= 0.3 is 0 Å². The highest BCUT2D eigenvalue weighted by Gasteiger charge is 2.34. The summed E-state index contributed by atoms with van der Waals surface area (Å²) >= 11 is 3.17. The molecular formula is C11H12BrF2N3O4S2. The normalized spacial score (nSPS) is 13.0. The summed E-state index contributed by atoms with van der Waals surface area (Å²) in [4.78, 5) is 0. The Kier molecular flexibility index (Phi) is 4.45. The van der Waals surface area contributed by atoms with E-state index in [2.05, 4.69) is 21.0 Å². The number of aromatic nitrogens is 2. The van der Waals surface area contributed by atoms with Crippen molar-refractivity contribution < 1.29 is 25.6 Å². The van der Waals surface area contributed by atoms with Gasteiger partial charge in [0.25, 0.3) is 6.43 Å². The molecule has 1 heterocycles. The largest absolute Gasteiger partial charge is 0.265 e. The molecule has 0 N–H and O–H groups in total. The molecule has 7 nitrogen and oxygen atoms in total. The van der Waals surface area contributed by atoms with E-state index in [9.17, 15) is 25.6 Å². The minimum atomic E-state index is -4.30. The van der Waals surface area contributed by atoms with E-state index in [1.54, 1.807) is 0 Å². The van der Waals surface area contributed by atoms with Crippen LogP contribution in [0.4, 0.5) is 14.6 Å². The molecule has 1 aromatic heterocycles. The molecule has 0 saturated heterocycles. The van der Waals surface area contributed by atoms with Crippen LogP contribution in [0.1, 0.15) is 12.0 Å². The van der Waals surface area contributed by atoms with Gasteiger partial charge in [0.2, 0.25) is 20.0 Å². The molecule has 128 valence electrons. The summed E-state index contributed by atoms with van der Waals surface area (Å²) in [6.45, 7) is 0. The lowest BCUT2D eigenvalue weighted by Gasteiger charge is -2.18. The molecular weight excluding hydrogens is 420 g/mol. The molecule has 0 unspecified atom stereocenters. The third-order valence-corrected chi connectivity index (χ3v) is 6.78. The van der Waals surface area contributed by atoms with Crippen molar-refractivity contribution in [1.82, 2.24) is 9.78 Å². The fraction of sp³-hybridized carbons (Fsp3) is 0.364. The first-order valence-electron chi connectivity index (χ1n) is 5.99. The van der Waals surface area contributed by atoms with E-state index >= 15 is 0 Å². The van der Waals surface area contributed by atoms with Crippen molar-refractivity contribution in [2.75, 3.05) is 16.2 Å². The molecule has 0 radical (unpaired) electrons. The highest BCUT2D eigenvalue weighted by atomic mass is 79.9. The Morgan fingerprint density at radius 2 is 1.70 bits per heavy atom. The predicted molar refractivity (Wildman–Crippen MR) is 85.5 cm³/mol.